The topological polar surface area (TPSA) is 73.9 Å². The Morgan fingerprint density at radius 1 is 0.833 bits per heavy atom. The van der Waals surface area contributed by atoms with Crippen LogP contribution in [0.15, 0.2) is 78.9 Å². The van der Waals surface area contributed by atoms with Crippen molar-refractivity contribution >= 4 is 11.9 Å². The van der Waals surface area contributed by atoms with E-state index in [-0.39, 0.29) is 5.91 Å². The molecule has 1 N–H and O–H groups in total. The molecule has 0 saturated carbocycles. The summed E-state index contributed by atoms with van der Waals surface area (Å²) in [6, 6.07) is 23.2. The molecule has 3 aromatic carbocycles. The van der Waals surface area contributed by atoms with Crippen molar-refractivity contribution in [3.63, 3.8) is 0 Å². The quantitative estimate of drug-likeness (QED) is 0.564. The lowest BCUT2D eigenvalue weighted by molar-refractivity contribution is -0.129. The summed E-state index contributed by atoms with van der Waals surface area (Å²) in [6.07, 6.45) is -0.920. The van der Waals surface area contributed by atoms with Gasteiger partial charge in [0.2, 0.25) is 0 Å². The van der Waals surface area contributed by atoms with Crippen LogP contribution in [0.3, 0.4) is 0 Å². The van der Waals surface area contributed by atoms with Crippen LogP contribution in [0, 0.1) is 0 Å². The van der Waals surface area contributed by atoms with Crippen molar-refractivity contribution in [1.29, 1.82) is 0 Å². The van der Waals surface area contributed by atoms with Crippen LogP contribution in [0.5, 0.6) is 17.2 Å². The van der Waals surface area contributed by atoms with Gasteiger partial charge in [-0.25, -0.2) is 4.79 Å². The van der Waals surface area contributed by atoms with Crippen LogP contribution in [-0.2, 0) is 16.1 Å². The van der Waals surface area contributed by atoms with Crippen LogP contribution < -0.4 is 14.8 Å². The molecule has 3 rings (SSSR count). The number of carbonyl (C=O) groups is 2. The van der Waals surface area contributed by atoms with Gasteiger partial charge < -0.3 is 19.5 Å². The van der Waals surface area contributed by atoms with E-state index in [1.165, 1.54) is 6.92 Å². The molecule has 0 unspecified atom stereocenters. The van der Waals surface area contributed by atoms with Gasteiger partial charge in [-0.05, 0) is 61.0 Å². The SMILES string of the molecule is COc1ccc(CNC(=O)[C@H](C)OC(=O)c2ccc(Oc3ccccc3)cc2)cc1. The molecule has 6 nitrogen and oxygen atoms in total. The first kappa shape index (κ1) is 20.9. The van der Waals surface area contributed by atoms with E-state index in [0.717, 1.165) is 11.3 Å². The summed E-state index contributed by atoms with van der Waals surface area (Å²) in [6.45, 7) is 1.87. The maximum absolute atomic E-state index is 12.3. The first-order valence-corrected chi connectivity index (χ1v) is 9.50. The van der Waals surface area contributed by atoms with Crippen molar-refractivity contribution in [2.75, 3.05) is 7.11 Å². The minimum absolute atomic E-state index is 0.330. The molecule has 1 atom stereocenters. The van der Waals surface area contributed by atoms with E-state index in [0.29, 0.717) is 23.6 Å². The molecule has 3 aromatic rings. The summed E-state index contributed by atoms with van der Waals surface area (Å²) < 4.78 is 16.1. The Bertz CT molecular complexity index is 969. The lowest BCUT2D eigenvalue weighted by Crippen LogP contribution is -2.35. The Hall–Kier alpha value is -3.80. The highest BCUT2D eigenvalue weighted by Crippen LogP contribution is 2.21. The molecule has 0 bridgehead atoms. The average Bonchev–Trinajstić information content (AvgIpc) is 2.79. The predicted molar refractivity (Wildman–Crippen MR) is 113 cm³/mol. The molecular weight excluding hydrogens is 382 g/mol. The Morgan fingerprint density at radius 2 is 1.43 bits per heavy atom. The highest BCUT2D eigenvalue weighted by atomic mass is 16.5. The number of amides is 1. The number of hydrogen-bond acceptors (Lipinski definition) is 5. The van der Waals surface area contributed by atoms with E-state index in [4.69, 9.17) is 14.2 Å². The zero-order valence-electron chi connectivity index (χ0n) is 16.8. The van der Waals surface area contributed by atoms with E-state index in [1.807, 2.05) is 54.6 Å². The Morgan fingerprint density at radius 3 is 2.07 bits per heavy atom. The second kappa shape index (κ2) is 10.1. The van der Waals surface area contributed by atoms with Crippen LogP contribution in [0.4, 0.5) is 0 Å². The van der Waals surface area contributed by atoms with E-state index < -0.39 is 12.1 Å². The van der Waals surface area contributed by atoms with Crippen molar-refractivity contribution in [1.82, 2.24) is 5.32 Å². The fourth-order valence-electron chi connectivity index (χ4n) is 2.64. The van der Waals surface area contributed by atoms with E-state index in [1.54, 1.807) is 31.4 Å². The predicted octanol–water partition coefficient (Wildman–Crippen LogP) is 4.35. The summed E-state index contributed by atoms with van der Waals surface area (Å²) in [5, 5.41) is 2.75. The van der Waals surface area contributed by atoms with Gasteiger partial charge in [0.15, 0.2) is 6.10 Å². The minimum atomic E-state index is -0.920. The maximum Gasteiger partial charge on any atom is 0.338 e. The number of nitrogens with one attached hydrogen (secondary N) is 1. The van der Waals surface area contributed by atoms with Crippen LogP contribution in [0.2, 0.25) is 0 Å². The molecule has 0 radical (unpaired) electrons. The lowest BCUT2D eigenvalue weighted by Gasteiger charge is -2.14. The largest absolute Gasteiger partial charge is 0.497 e. The average molecular weight is 405 g/mol. The number of esters is 1. The highest BCUT2D eigenvalue weighted by molar-refractivity contribution is 5.92. The van der Waals surface area contributed by atoms with Gasteiger partial charge in [0.05, 0.1) is 12.7 Å². The number of rotatable bonds is 8. The summed E-state index contributed by atoms with van der Waals surface area (Å²) in [7, 11) is 1.59. The normalized spacial score (nSPS) is 11.3. The third-order valence-corrected chi connectivity index (χ3v) is 4.35. The van der Waals surface area contributed by atoms with Crippen LogP contribution in [0.25, 0.3) is 0 Å². The fourth-order valence-corrected chi connectivity index (χ4v) is 2.64. The lowest BCUT2D eigenvalue weighted by atomic mass is 10.2. The zero-order chi connectivity index (χ0) is 21.3. The summed E-state index contributed by atoms with van der Waals surface area (Å²) >= 11 is 0. The Labute approximate surface area is 175 Å². The number of para-hydroxylation sites is 1. The van der Waals surface area contributed by atoms with Crippen LogP contribution >= 0.6 is 0 Å². The van der Waals surface area contributed by atoms with E-state index in [2.05, 4.69) is 5.32 Å². The fraction of sp³-hybridized carbons (Fsp3) is 0.167. The molecule has 154 valence electrons. The monoisotopic (exact) mass is 405 g/mol. The number of methoxy groups -OCH3 is 1. The first-order chi connectivity index (χ1) is 14.5. The molecule has 1 amide bonds. The van der Waals surface area contributed by atoms with Gasteiger partial charge in [0.25, 0.3) is 5.91 Å². The van der Waals surface area contributed by atoms with Crippen LogP contribution in [-0.4, -0.2) is 25.1 Å². The van der Waals surface area contributed by atoms with Gasteiger partial charge in [0.1, 0.15) is 17.2 Å². The van der Waals surface area contributed by atoms with Crippen molar-refractivity contribution < 1.29 is 23.8 Å². The molecule has 0 aliphatic heterocycles. The number of carbonyl (C=O) groups excluding carboxylic acids is 2. The number of benzene rings is 3. The minimum Gasteiger partial charge on any atom is -0.497 e. The maximum atomic E-state index is 12.3. The van der Waals surface area contributed by atoms with Crippen LogP contribution in [0.1, 0.15) is 22.8 Å². The smallest absolute Gasteiger partial charge is 0.338 e. The molecule has 0 spiro atoms. The first-order valence-electron chi connectivity index (χ1n) is 9.50. The number of hydrogen-bond donors (Lipinski definition) is 1. The standard InChI is InChI=1S/C24H23NO5/c1-17(23(26)25-16-18-8-12-20(28-2)13-9-18)29-24(27)19-10-14-22(15-11-19)30-21-6-4-3-5-7-21/h3-15,17H,16H2,1-2H3,(H,25,26)/t17-/m0/s1. The third-order valence-electron chi connectivity index (χ3n) is 4.35. The van der Waals surface area contributed by atoms with E-state index in [9.17, 15) is 9.59 Å². The molecule has 0 saturated heterocycles. The highest BCUT2D eigenvalue weighted by Gasteiger charge is 2.18. The summed E-state index contributed by atoms with van der Waals surface area (Å²) in [5.74, 6) is 1.10. The number of ether oxygens (including phenoxy) is 3. The van der Waals surface area contributed by atoms with Gasteiger partial charge >= 0.3 is 5.97 Å². The molecule has 0 aliphatic carbocycles. The molecule has 0 aliphatic rings. The summed E-state index contributed by atoms with van der Waals surface area (Å²) in [5.41, 5.74) is 1.25. The van der Waals surface area contributed by atoms with E-state index >= 15 is 0 Å². The van der Waals surface area contributed by atoms with Crippen molar-refractivity contribution in [2.24, 2.45) is 0 Å². The van der Waals surface area contributed by atoms with Gasteiger partial charge in [-0.3, -0.25) is 4.79 Å². The molecule has 0 fully saturated rings. The second-order valence-corrected chi connectivity index (χ2v) is 6.55. The van der Waals surface area contributed by atoms with Crippen molar-refractivity contribution in [2.45, 2.75) is 19.6 Å². The molecule has 0 heterocycles. The second-order valence-electron chi connectivity index (χ2n) is 6.55. The van der Waals surface area contributed by atoms with Crippen molar-refractivity contribution in [3.8, 4) is 17.2 Å². The molecule has 0 aromatic heterocycles. The Kier molecular flexibility index (Phi) is 7.05. The van der Waals surface area contributed by atoms with Crippen molar-refractivity contribution in [3.05, 3.63) is 90.0 Å². The molecular formula is C24H23NO5. The third kappa shape index (κ3) is 5.85. The summed E-state index contributed by atoms with van der Waals surface area (Å²) in [4.78, 5) is 24.5. The van der Waals surface area contributed by atoms with Gasteiger partial charge in [-0.1, -0.05) is 30.3 Å². The molecule has 30 heavy (non-hydrogen) atoms. The Balaban J connectivity index is 1.49. The molecule has 6 heteroatoms. The van der Waals surface area contributed by atoms with Gasteiger partial charge in [-0.15, -0.1) is 0 Å². The van der Waals surface area contributed by atoms with Gasteiger partial charge in [0, 0.05) is 6.54 Å². The zero-order valence-corrected chi connectivity index (χ0v) is 16.8. The van der Waals surface area contributed by atoms with Gasteiger partial charge in [-0.2, -0.15) is 0 Å².